The minimum absolute atomic E-state index is 0.898. The van der Waals surface area contributed by atoms with Gasteiger partial charge in [-0.25, -0.2) is 0 Å². The van der Waals surface area contributed by atoms with E-state index in [0.29, 0.717) is 0 Å². The zero-order chi connectivity index (χ0) is 23.0. The van der Waals surface area contributed by atoms with Crippen molar-refractivity contribution in [1.82, 2.24) is 10.6 Å². The monoisotopic (exact) mass is 548 g/mol. The van der Waals surface area contributed by atoms with Gasteiger partial charge < -0.3 is 10.6 Å². The van der Waals surface area contributed by atoms with Gasteiger partial charge in [0.2, 0.25) is 0 Å². The van der Waals surface area contributed by atoms with Crippen molar-refractivity contribution in [1.29, 1.82) is 0 Å². The number of amides is 2. The minimum atomic E-state index is -6.75. The van der Waals surface area contributed by atoms with Gasteiger partial charge in [0.15, 0.2) is 0 Å². The average molecular weight is 551 g/mol. The molecule has 0 aromatic heterocycles. The van der Waals surface area contributed by atoms with E-state index in [1.165, 1.54) is 0 Å². The lowest BCUT2D eigenvalue weighted by Crippen LogP contribution is -2.67. The van der Waals surface area contributed by atoms with Gasteiger partial charge in [-0.2, -0.15) is 35.1 Å². The van der Waals surface area contributed by atoms with Crippen molar-refractivity contribution in [2.45, 2.75) is 31.3 Å². The van der Waals surface area contributed by atoms with Crippen LogP contribution in [0.25, 0.3) is 0 Å². The summed E-state index contributed by atoms with van der Waals surface area (Å²) in [6.07, 6.45) is 0. The van der Waals surface area contributed by atoms with E-state index in [-0.39, 0.29) is 0 Å². The van der Waals surface area contributed by atoms with E-state index in [9.17, 15) is 44.7 Å². The highest BCUT2D eigenvalue weighted by Crippen LogP contribution is 2.52. The molecule has 0 atom stereocenters. The van der Waals surface area contributed by atoms with Gasteiger partial charge in [-0.1, -0.05) is 69.6 Å². The smallest absolute Gasteiger partial charge is 0.346 e. The Morgan fingerprint density at radius 1 is 0.571 bits per heavy atom. The molecule has 0 aliphatic rings. The molecule has 0 saturated carbocycles. The molecule has 2 N–H and O–H groups in total. The summed E-state index contributed by atoms with van der Waals surface area (Å²) in [5, 5.41) is 1.80. The third-order valence-electron chi connectivity index (χ3n) is 2.77. The van der Waals surface area contributed by atoms with Crippen LogP contribution in [0.1, 0.15) is 0 Å². The third kappa shape index (κ3) is 6.31. The lowest BCUT2D eigenvalue weighted by molar-refractivity contribution is -0.362. The van der Waals surface area contributed by atoms with Gasteiger partial charge in [-0.15, -0.1) is 0 Å². The number of halogens is 14. The van der Waals surface area contributed by atoms with Crippen LogP contribution in [0.15, 0.2) is 0 Å². The van der Waals surface area contributed by atoms with Gasteiger partial charge in [0.1, 0.15) is 0 Å². The summed E-state index contributed by atoms with van der Waals surface area (Å²) < 4.78 is 102. The Labute approximate surface area is 181 Å². The lowest BCUT2D eigenvalue weighted by atomic mass is 9.98. The summed E-state index contributed by atoms with van der Waals surface area (Å²) in [4.78, 5) is 22.1. The Morgan fingerprint density at radius 2 is 0.786 bits per heavy atom. The maximum atomic E-state index is 13.6. The number of nitrogens with one attached hydrogen (secondary N) is 2. The van der Waals surface area contributed by atoms with Crippen molar-refractivity contribution in [3.63, 3.8) is 0 Å². The molecule has 0 aliphatic heterocycles. The second-order valence-corrected chi connectivity index (χ2v) is 9.48. The standard InChI is InChI=1S/C10H6Cl6F8N2O2/c11-7(12,13)3(27)25-1-5(17,18)9(21,22)10(23,24)6(19,20)2-26-4(28)8(14,15)16/h1-2H2,(H,25,27)(H,26,28). The van der Waals surface area contributed by atoms with Crippen LogP contribution in [0.3, 0.4) is 0 Å². The lowest BCUT2D eigenvalue weighted by Gasteiger charge is -2.37. The van der Waals surface area contributed by atoms with Crippen LogP contribution in [0.2, 0.25) is 0 Å². The van der Waals surface area contributed by atoms with E-state index in [1.807, 2.05) is 0 Å². The normalized spacial score (nSPS) is 14.6. The molecular weight excluding hydrogens is 545 g/mol. The van der Waals surface area contributed by atoms with Crippen LogP contribution < -0.4 is 10.6 Å². The molecule has 0 aromatic carbocycles. The highest BCUT2D eigenvalue weighted by molar-refractivity contribution is 6.76. The van der Waals surface area contributed by atoms with Crippen molar-refractivity contribution in [3.05, 3.63) is 0 Å². The average Bonchev–Trinajstić information content (AvgIpc) is 2.47. The number of rotatable bonds is 7. The quantitative estimate of drug-likeness (QED) is 0.362. The van der Waals surface area contributed by atoms with Crippen molar-refractivity contribution < 1.29 is 44.7 Å². The summed E-state index contributed by atoms with van der Waals surface area (Å²) >= 11 is 29.7. The molecular formula is C10H6Cl6F8N2O2. The Hall–Kier alpha value is 0.120. The van der Waals surface area contributed by atoms with Crippen LogP contribution in [0.5, 0.6) is 0 Å². The van der Waals surface area contributed by atoms with Gasteiger partial charge in [-0.05, 0) is 0 Å². The van der Waals surface area contributed by atoms with Crippen LogP contribution in [-0.2, 0) is 9.59 Å². The highest BCUT2D eigenvalue weighted by atomic mass is 35.6. The first-order valence-electron chi connectivity index (χ1n) is 6.22. The van der Waals surface area contributed by atoms with Crippen molar-refractivity contribution in [2.24, 2.45) is 0 Å². The molecule has 0 aliphatic carbocycles. The molecule has 2 amide bonds. The van der Waals surface area contributed by atoms with E-state index in [0.717, 1.165) is 10.6 Å². The zero-order valence-electron chi connectivity index (χ0n) is 12.5. The Kier molecular flexibility index (Phi) is 8.74. The van der Waals surface area contributed by atoms with Gasteiger partial charge in [0, 0.05) is 0 Å². The molecule has 0 aromatic rings. The summed E-state index contributed by atoms with van der Waals surface area (Å²) in [5.41, 5.74) is 0. The van der Waals surface area contributed by atoms with Gasteiger partial charge >= 0.3 is 23.7 Å². The van der Waals surface area contributed by atoms with Crippen LogP contribution >= 0.6 is 69.6 Å². The number of carbonyl (C=O) groups is 2. The van der Waals surface area contributed by atoms with E-state index in [2.05, 4.69) is 0 Å². The molecule has 4 nitrogen and oxygen atoms in total. The molecule has 28 heavy (non-hydrogen) atoms. The highest BCUT2D eigenvalue weighted by Gasteiger charge is 2.80. The second-order valence-electron chi connectivity index (χ2n) is 4.92. The largest absolute Gasteiger partial charge is 0.380 e. The van der Waals surface area contributed by atoms with Crippen molar-refractivity contribution in [2.75, 3.05) is 13.1 Å². The van der Waals surface area contributed by atoms with Gasteiger partial charge in [0.05, 0.1) is 13.1 Å². The molecule has 0 radical (unpaired) electrons. The Bertz CT molecular complexity index is 556. The van der Waals surface area contributed by atoms with E-state index >= 15 is 0 Å². The zero-order valence-corrected chi connectivity index (χ0v) is 17.1. The van der Waals surface area contributed by atoms with E-state index < -0.39 is 56.2 Å². The first kappa shape index (κ1) is 28.1. The molecule has 0 fully saturated rings. The second kappa shape index (κ2) is 8.70. The first-order valence-corrected chi connectivity index (χ1v) is 8.49. The molecule has 0 bridgehead atoms. The summed E-state index contributed by atoms with van der Waals surface area (Å²) in [5.74, 6) is -29.3. The fraction of sp³-hybridized carbons (Fsp3) is 0.800. The molecule has 166 valence electrons. The van der Waals surface area contributed by atoms with Gasteiger partial charge in [0.25, 0.3) is 19.4 Å². The molecule has 0 unspecified atom stereocenters. The summed E-state index contributed by atoms with van der Waals surface area (Å²) in [7, 11) is 0. The predicted molar refractivity (Wildman–Crippen MR) is 86.4 cm³/mol. The topological polar surface area (TPSA) is 58.2 Å². The summed E-state index contributed by atoms with van der Waals surface area (Å²) in [6.45, 7) is -5.20. The predicted octanol–water partition coefficient (Wildman–Crippen LogP) is 4.50. The van der Waals surface area contributed by atoms with Gasteiger partial charge in [-0.3, -0.25) is 9.59 Å². The number of carbonyl (C=O) groups excluding carboxylic acids is 2. The maximum absolute atomic E-state index is 13.6. The Morgan fingerprint density at radius 3 is 0.964 bits per heavy atom. The maximum Gasteiger partial charge on any atom is 0.380 e. The van der Waals surface area contributed by atoms with Crippen molar-refractivity contribution >= 4 is 81.4 Å². The SMILES string of the molecule is O=C(NCC(F)(F)C(F)(F)C(F)(F)C(F)(F)CNC(=O)C(Cl)(Cl)Cl)C(Cl)(Cl)Cl. The molecule has 0 spiro atoms. The third-order valence-corrected chi connectivity index (χ3v) is 3.80. The molecule has 18 heteroatoms. The molecule has 0 rings (SSSR count). The number of hydrogen-bond acceptors (Lipinski definition) is 2. The minimum Gasteiger partial charge on any atom is -0.346 e. The number of alkyl halides is 14. The fourth-order valence-electron chi connectivity index (χ4n) is 1.26. The van der Waals surface area contributed by atoms with Crippen molar-refractivity contribution in [3.8, 4) is 0 Å². The Balaban J connectivity index is 5.52. The van der Waals surface area contributed by atoms with E-state index in [4.69, 9.17) is 69.6 Å². The number of hydrogen-bond donors (Lipinski definition) is 2. The molecule has 0 heterocycles. The van der Waals surface area contributed by atoms with Crippen LogP contribution in [0, 0.1) is 0 Å². The van der Waals surface area contributed by atoms with Crippen LogP contribution in [-0.4, -0.2) is 56.2 Å². The first-order chi connectivity index (χ1) is 12.0. The van der Waals surface area contributed by atoms with E-state index in [1.54, 1.807) is 0 Å². The fourth-order valence-corrected chi connectivity index (χ4v) is 1.67. The van der Waals surface area contributed by atoms with Crippen LogP contribution in [0.4, 0.5) is 35.1 Å². The molecule has 0 saturated heterocycles. The summed E-state index contributed by atoms with van der Waals surface area (Å²) in [6, 6.07) is 0.